The van der Waals surface area contributed by atoms with Gasteiger partial charge in [0.05, 0.1) is 18.8 Å². The van der Waals surface area contributed by atoms with Crippen LogP contribution in [0.25, 0.3) is 22.4 Å². The summed E-state index contributed by atoms with van der Waals surface area (Å²) in [6.07, 6.45) is 2.55. The first kappa shape index (κ1) is 22.2. The molecule has 0 saturated carbocycles. The predicted molar refractivity (Wildman–Crippen MR) is 122 cm³/mol. The molecule has 0 spiro atoms. The Morgan fingerprint density at radius 1 is 1.15 bits per heavy atom. The van der Waals surface area contributed by atoms with Crippen molar-refractivity contribution in [3.8, 4) is 22.4 Å². The van der Waals surface area contributed by atoms with Gasteiger partial charge in [-0.15, -0.1) is 0 Å². The number of hydrogen-bond donors (Lipinski definition) is 3. The van der Waals surface area contributed by atoms with Gasteiger partial charge in [0.25, 0.3) is 0 Å². The van der Waals surface area contributed by atoms with E-state index in [-0.39, 0.29) is 24.5 Å². The second-order valence-corrected chi connectivity index (χ2v) is 7.89. The number of benzene rings is 2. The lowest BCUT2D eigenvalue weighted by atomic mass is 10.0. The Bertz CT molecular complexity index is 1140. The zero-order chi connectivity index (χ0) is 23.4. The molecule has 1 saturated heterocycles. The first-order chi connectivity index (χ1) is 16.0. The highest BCUT2D eigenvalue weighted by molar-refractivity contribution is 5.83. The summed E-state index contributed by atoms with van der Waals surface area (Å²) in [4.78, 5) is 44.3. The van der Waals surface area contributed by atoms with Crippen LogP contribution in [0.1, 0.15) is 28.6 Å². The molecule has 1 aliphatic rings. The maximum Gasteiger partial charge on any atom is 0.407 e. The zero-order valence-corrected chi connectivity index (χ0v) is 18.2. The highest BCUT2D eigenvalue weighted by atomic mass is 16.5. The van der Waals surface area contributed by atoms with Gasteiger partial charge in [0.2, 0.25) is 5.91 Å². The third kappa shape index (κ3) is 4.93. The van der Waals surface area contributed by atoms with E-state index in [0.717, 1.165) is 28.7 Å². The van der Waals surface area contributed by atoms with Crippen LogP contribution in [-0.2, 0) is 9.53 Å². The molecule has 1 fully saturated rings. The van der Waals surface area contributed by atoms with Crippen molar-refractivity contribution in [1.29, 1.82) is 0 Å². The second kappa shape index (κ2) is 9.66. The number of hydrogen-bond acceptors (Lipinski definition) is 6. The Kier molecular flexibility index (Phi) is 6.50. The van der Waals surface area contributed by atoms with E-state index in [1.807, 2.05) is 42.6 Å². The Labute approximate surface area is 191 Å². The van der Waals surface area contributed by atoms with Gasteiger partial charge in [0.1, 0.15) is 18.7 Å². The van der Waals surface area contributed by atoms with Crippen LogP contribution < -0.4 is 11.1 Å². The predicted octanol–water partition coefficient (Wildman–Crippen LogP) is 2.51. The Morgan fingerprint density at radius 3 is 2.42 bits per heavy atom. The molecule has 2 unspecified atom stereocenters. The van der Waals surface area contributed by atoms with Crippen molar-refractivity contribution in [3.63, 3.8) is 0 Å². The van der Waals surface area contributed by atoms with Crippen LogP contribution in [0.2, 0.25) is 0 Å². The maximum atomic E-state index is 12.6. The van der Waals surface area contributed by atoms with Crippen LogP contribution in [-0.4, -0.2) is 59.4 Å². The van der Waals surface area contributed by atoms with Gasteiger partial charge in [-0.05, 0) is 17.5 Å². The summed E-state index contributed by atoms with van der Waals surface area (Å²) in [6, 6.07) is 14.9. The molecule has 2 amide bonds. The minimum atomic E-state index is -0.660. The number of amides is 2. The second-order valence-electron chi connectivity index (χ2n) is 7.89. The number of aromatic amines is 1. The lowest BCUT2D eigenvalue weighted by molar-refractivity contribution is -0.131. The van der Waals surface area contributed by atoms with Crippen LogP contribution in [0.3, 0.4) is 0 Å². The number of aromatic nitrogens is 2. The molecule has 4 rings (SSSR count). The summed E-state index contributed by atoms with van der Waals surface area (Å²) in [5.74, 6) is 0.402. The smallest absolute Gasteiger partial charge is 0.407 e. The summed E-state index contributed by atoms with van der Waals surface area (Å²) < 4.78 is 4.52. The fourth-order valence-corrected chi connectivity index (χ4v) is 3.97. The van der Waals surface area contributed by atoms with Crippen molar-refractivity contribution in [2.45, 2.75) is 18.5 Å². The lowest BCUT2D eigenvalue weighted by Gasteiger charge is -2.23. The van der Waals surface area contributed by atoms with Crippen LogP contribution in [0.5, 0.6) is 0 Å². The maximum absolute atomic E-state index is 12.6. The Morgan fingerprint density at radius 2 is 1.79 bits per heavy atom. The number of H-pyrrole nitrogens is 1. The first-order valence-corrected chi connectivity index (χ1v) is 10.6. The average Bonchev–Trinajstić information content (AvgIpc) is 3.49. The molecule has 3 aromatic rings. The summed E-state index contributed by atoms with van der Waals surface area (Å²) in [5.41, 5.74) is 10.5. The highest BCUT2D eigenvalue weighted by Gasteiger charge is 2.36. The number of carbonyl (C=O) groups excluding carboxylic acids is 3. The molecule has 1 aliphatic heterocycles. The first-order valence-electron chi connectivity index (χ1n) is 10.6. The number of imidazole rings is 1. The van der Waals surface area contributed by atoms with Crippen molar-refractivity contribution >= 4 is 18.3 Å². The molecule has 9 heteroatoms. The fraction of sp³-hybridized carbons (Fsp3) is 0.250. The molecule has 1 aromatic heterocycles. The standard InChI is InChI=1S/C24H25N5O4/c1-33-24(32)27-12-22(31)29-13-19(25)10-21(29)23-26-11-20(28-23)18-8-6-17(7-9-18)16-4-2-15(14-30)3-5-16/h2-9,11,14,19,21H,10,12-13,25H2,1H3,(H,26,28)(H,27,32). The van der Waals surface area contributed by atoms with E-state index in [0.29, 0.717) is 24.4 Å². The van der Waals surface area contributed by atoms with E-state index in [9.17, 15) is 14.4 Å². The third-order valence-electron chi connectivity index (χ3n) is 5.70. The number of ether oxygens (including phenoxy) is 1. The van der Waals surface area contributed by atoms with Gasteiger partial charge in [-0.1, -0.05) is 48.5 Å². The van der Waals surface area contributed by atoms with E-state index < -0.39 is 6.09 Å². The van der Waals surface area contributed by atoms with Gasteiger partial charge in [-0.3, -0.25) is 9.59 Å². The number of aldehydes is 1. The molecular formula is C24H25N5O4. The van der Waals surface area contributed by atoms with Crippen LogP contribution in [0, 0.1) is 0 Å². The molecule has 2 heterocycles. The van der Waals surface area contributed by atoms with Gasteiger partial charge < -0.3 is 25.7 Å². The molecule has 0 aliphatic carbocycles. The summed E-state index contributed by atoms with van der Waals surface area (Å²) in [5, 5.41) is 2.41. The van der Waals surface area contributed by atoms with Crippen LogP contribution in [0.4, 0.5) is 4.79 Å². The van der Waals surface area contributed by atoms with Crippen LogP contribution >= 0.6 is 0 Å². The van der Waals surface area contributed by atoms with E-state index in [2.05, 4.69) is 15.0 Å². The number of rotatable bonds is 6. The Balaban J connectivity index is 1.48. The summed E-state index contributed by atoms with van der Waals surface area (Å²) >= 11 is 0. The Hall–Kier alpha value is -3.98. The van der Waals surface area contributed by atoms with E-state index in [1.165, 1.54) is 7.11 Å². The van der Waals surface area contributed by atoms with Crippen molar-refractivity contribution in [1.82, 2.24) is 20.2 Å². The summed E-state index contributed by atoms with van der Waals surface area (Å²) in [6.45, 7) is 0.221. The molecule has 0 bridgehead atoms. The van der Waals surface area contributed by atoms with Gasteiger partial charge in [0, 0.05) is 29.9 Å². The highest BCUT2D eigenvalue weighted by Crippen LogP contribution is 2.31. The normalized spacial score (nSPS) is 17.6. The number of nitrogens with zero attached hydrogens (tertiary/aromatic N) is 2. The number of nitrogens with two attached hydrogens (primary N) is 1. The molecule has 0 radical (unpaired) electrons. The number of carbonyl (C=O) groups is 3. The third-order valence-corrected chi connectivity index (χ3v) is 5.70. The topological polar surface area (TPSA) is 130 Å². The zero-order valence-electron chi connectivity index (χ0n) is 18.2. The minimum absolute atomic E-state index is 0.168. The van der Waals surface area contributed by atoms with Gasteiger partial charge in [-0.25, -0.2) is 9.78 Å². The van der Waals surface area contributed by atoms with Crippen molar-refractivity contribution in [2.24, 2.45) is 5.73 Å². The number of alkyl carbamates (subject to hydrolysis) is 1. The molecule has 9 nitrogen and oxygen atoms in total. The van der Waals surface area contributed by atoms with Crippen molar-refractivity contribution in [3.05, 3.63) is 66.1 Å². The average molecular weight is 447 g/mol. The monoisotopic (exact) mass is 447 g/mol. The number of likely N-dealkylation sites (tertiary alicyclic amines) is 1. The molecule has 2 atom stereocenters. The molecule has 4 N–H and O–H groups in total. The van der Waals surface area contributed by atoms with E-state index in [4.69, 9.17) is 10.7 Å². The van der Waals surface area contributed by atoms with E-state index >= 15 is 0 Å². The fourth-order valence-electron chi connectivity index (χ4n) is 3.97. The van der Waals surface area contributed by atoms with Gasteiger partial charge in [-0.2, -0.15) is 0 Å². The molecule has 170 valence electrons. The SMILES string of the molecule is COC(=O)NCC(=O)N1CC(N)CC1c1nc(-c2ccc(-c3ccc(C=O)cc3)cc2)c[nH]1. The molecule has 2 aromatic carbocycles. The van der Waals surface area contributed by atoms with Crippen LogP contribution in [0.15, 0.2) is 54.7 Å². The summed E-state index contributed by atoms with van der Waals surface area (Å²) in [7, 11) is 1.24. The van der Waals surface area contributed by atoms with Gasteiger partial charge in [0.15, 0.2) is 0 Å². The van der Waals surface area contributed by atoms with Crippen molar-refractivity contribution in [2.75, 3.05) is 20.2 Å². The lowest BCUT2D eigenvalue weighted by Crippen LogP contribution is -2.41. The van der Waals surface area contributed by atoms with E-state index in [1.54, 1.807) is 17.0 Å². The number of methoxy groups -OCH3 is 1. The number of nitrogens with one attached hydrogen (secondary N) is 2. The molecule has 33 heavy (non-hydrogen) atoms. The minimum Gasteiger partial charge on any atom is -0.453 e. The van der Waals surface area contributed by atoms with Gasteiger partial charge >= 0.3 is 6.09 Å². The quantitative estimate of drug-likeness (QED) is 0.498. The van der Waals surface area contributed by atoms with Crippen molar-refractivity contribution < 1.29 is 19.1 Å². The molecular weight excluding hydrogens is 422 g/mol. The largest absolute Gasteiger partial charge is 0.453 e.